The quantitative estimate of drug-likeness (QED) is 0.702. The van der Waals surface area contributed by atoms with Crippen LogP contribution >= 0.6 is 11.6 Å². The van der Waals surface area contributed by atoms with Gasteiger partial charge in [-0.2, -0.15) is 14.9 Å². The molecule has 0 aliphatic rings. The molecule has 0 atom stereocenters. The topological polar surface area (TPSA) is 131 Å². The normalized spacial score (nSPS) is 11.1. The summed E-state index contributed by atoms with van der Waals surface area (Å²) in [5.74, 6) is 0.253. The predicted molar refractivity (Wildman–Crippen MR) is 82.2 cm³/mol. The van der Waals surface area contributed by atoms with Crippen LogP contribution in [0.1, 0.15) is 5.56 Å². The number of anilines is 2. The Balaban J connectivity index is 2.10. The lowest BCUT2D eigenvalue weighted by molar-refractivity contribution is 0.953. The van der Waals surface area contributed by atoms with E-state index in [2.05, 4.69) is 20.3 Å². The Hall–Kier alpha value is -3.18. The number of nitrogen functional groups attached to an aromatic ring is 2. The van der Waals surface area contributed by atoms with E-state index in [0.717, 1.165) is 0 Å². The number of hydrogen-bond acceptors (Lipinski definition) is 7. The van der Waals surface area contributed by atoms with E-state index in [9.17, 15) is 0 Å². The first kappa shape index (κ1) is 13.8. The highest BCUT2D eigenvalue weighted by Crippen LogP contribution is 2.30. The molecule has 2 heterocycles. The molecule has 0 spiro atoms. The number of azo groups is 1. The number of nitrogens with zero attached hydrogens (tertiary/aromatic N) is 6. The fourth-order valence-corrected chi connectivity index (χ4v) is 2.02. The Kier molecular flexibility index (Phi) is 3.33. The van der Waals surface area contributed by atoms with Crippen molar-refractivity contribution >= 4 is 40.3 Å². The predicted octanol–water partition coefficient (Wildman–Crippen LogP) is 2.83. The number of halogens is 1. The van der Waals surface area contributed by atoms with Crippen LogP contribution < -0.4 is 11.5 Å². The first-order chi connectivity index (χ1) is 10.6. The number of benzene rings is 1. The third kappa shape index (κ3) is 2.30. The summed E-state index contributed by atoms with van der Waals surface area (Å²) in [5, 5.41) is 21.6. The van der Waals surface area contributed by atoms with Crippen LogP contribution in [0.5, 0.6) is 0 Å². The Morgan fingerprint density at radius 1 is 1.27 bits per heavy atom. The monoisotopic (exact) mass is 312 g/mol. The second-order valence-corrected chi connectivity index (χ2v) is 4.75. The molecule has 0 amide bonds. The summed E-state index contributed by atoms with van der Waals surface area (Å²) < 4.78 is 1.26. The first-order valence-corrected chi connectivity index (χ1v) is 6.48. The van der Waals surface area contributed by atoms with E-state index in [4.69, 9.17) is 28.3 Å². The van der Waals surface area contributed by atoms with E-state index < -0.39 is 0 Å². The lowest BCUT2D eigenvalue weighted by Crippen LogP contribution is -2.03. The zero-order valence-corrected chi connectivity index (χ0v) is 11.9. The Bertz CT molecular complexity index is 937. The van der Waals surface area contributed by atoms with E-state index >= 15 is 0 Å². The van der Waals surface area contributed by atoms with E-state index in [1.54, 1.807) is 24.3 Å². The van der Waals surface area contributed by atoms with Crippen molar-refractivity contribution in [2.45, 2.75) is 0 Å². The van der Waals surface area contributed by atoms with Gasteiger partial charge in [0.2, 0.25) is 0 Å². The van der Waals surface area contributed by atoms with Crippen molar-refractivity contribution in [1.29, 1.82) is 5.26 Å². The molecule has 8 nitrogen and oxygen atoms in total. The summed E-state index contributed by atoms with van der Waals surface area (Å²) in [6, 6.07) is 8.81. The van der Waals surface area contributed by atoms with Gasteiger partial charge in [-0.25, -0.2) is 4.98 Å². The number of fused-ring (bicyclic) bond motifs is 1. The SMILES string of the molecule is N#Cc1cnc2c(N=Nc3cccc(Cl)c3)c(N)nn2c1N. The summed E-state index contributed by atoms with van der Waals surface area (Å²) >= 11 is 5.88. The van der Waals surface area contributed by atoms with Crippen molar-refractivity contribution in [3.8, 4) is 6.07 Å². The number of rotatable bonds is 2. The summed E-state index contributed by atoms with van der Waals surface area (Å²) in [5.41, 5.74) is 13.0. The maximum atomic E-state index is 8.94. The van der Waals surface area contributed by atoms with Gasteiger partial charge in [0.1, 0.15) is 17.5 Å². The van der Waals surface area contributed by atoms with Crippen molar-refractivity contribution < 1.29 is 0 Å². The Labute approximate surface area is 129 Å². The molecule has 2 aromatic heterocycles. The molecule has 108 valence electrons. The van der Waals surface area contributed by atoms with Gasteiger partial charge in [-0.1, -0.05) is 17.7 Å². The molecule has 0 unspecified atom stereocenters. The highest BCUT2D eigenvalue weighted by atomic mass is 35.5. The van der Waals surface area contributed by atoms with Crippen LogP contribution in [-0.2, 0) is 0 Å². The molecule has 22 heavy (non-hydrogen) atoms. The first-order valence-electron chi connectivity index (χ1n) is 6.10. The average Bonchev–Trinajstić information content (AvgIpc) is 2.82. The lowest BCUT2D eigenvalue weighted by atomic mass is 10.3. The number of hydrogen-bond donors (Lipinski definition) is 2. The molecule has 0 aliphatic heterocycles. The second kappa shape index (κ2) is 5.31. The lowest BCUT2D eigenvalue weighted by Gasteiger charge is -1.99. The molecule has 0 radical (unpaired) electrons. The van der Waals surface area contributed by atoms with Gasteiger partial charge >= 0.3 is 0 Å². The summed E-state index contributed by atoms with van der Waals surface area (Å²) in [6.07, 6.45) is 1.34. The van der Waals surface area contributed by atoms with Crippen molar-refractivity contribution in [2.75, 3.05) is 11.5 Å². The van der Waals surface area contributed by atoms with Gasteiger partial charge < -0.3 is 11.5 Å². The van der Waals surface area contributed by atoms with Crippen LogP contribution in [0.2, 0.25) is 5.02 Å². The maximum Gasteiger partial charge on any atom is 0.187 e. The molecule has 3 aromatic rings. The molecule has 0 saturated heterocycles. The van der Waals surface area contributed by atoms with E-state index in [0.29, 0.717) is 16.4 Å². The number of nitriles is 1. The third-order valence-electron chi connectivity index (χ3n) is 2.88. The van der Waals surface area contributed by atoms with Gasteiger partial charge in [0.25, 0.3) is 0 Å². The highest BCUT2D eigenvalue weighted by molar-refractivity contribution is 6.30. The van der Waals surface area contributed by atoms with Crippen LogP contribution in [0, 0.1) is 11.3 Å². The van der Waals surface area contributed by atoms with E-state index in [-0.39, 0.29) is 22.9 Å². The molecular weight excluding hydrogens is 304 g/mol. The van der Waals surface area contributed by atoms with E-state index in [1.807, 2.05) is 6.07 Å². The maximum absolute atomic E-state index is 8.94. The zero-order valence-electron chi connectivity index (χ0n) is 11.1. The van der Waals surface area contributed by atoms with Gasteiger partial charge in [-0.3, -0.25) is 0 Å². The minimum absolute atomic E-state index is 0.111. The molecule has 0 saturated carbocycles. The average molecular weight is 313 g/mol. The van der Waals surface area contributed by atoms with Crippen LogP contribution in [0.25, 0.3) is 5.65 Å². The summed E-state index contributed by atoms with van der Waals surface area (Å²) in [7, 11) is 0. The Morgan fingerprint density at radius 3 is 2.82 bits per heavy atom. The molecular formula is C13H9ClN8. The number of nitrogens with two attached hydrogens (primary N) is 2. The number of aromatic nitrogens is 3. The molecule has 3 rings (SSSR count). The van der Waals surface area contributed by atoms with Gasteiger partial charge in [0, 0.05) is 5.02 Å². The van der Waals surface area contributed by atoms with Crippen molar-refractivity contribution in [1.82, 2.24) is 14.6 Å². The summed E-state index contributed by atoms with van der Waals surface area (Å²) in [6.45, 7) is 0. The van der Waals surface area contributed by atoms with Crippen LogP contribution in [0.3, 0.4) is 0 Å². The largest absolute Gasteiger partial charge is 0.382 e. The fourth-order valence-electron chi connectivity index (χ4n) is 1.84. The van der Waals surface area contributed by atoms with Crippen molar-refractivity contribution in [3.05, 3.63) is 41.0 Å². The van der Waals surface area contributed by atoms with Crippen molar-refractivity contribution in [3.63, 3.8) is 0 Å². The van der Waals surface area contributed by atoms with Gasteiger partial charge in [0.05, 0.1) is 11.9 Å². The van der Waals surface area contributed by atoms with Crippen LogP contribution in [0.15, 0.2) is 40.7 Å². The highest BCUT2D eigenvalue weighted by Gasteiger charge is 2.15. The van der Waals surface area contributed by atoms with Crippen LogP contribution in [-0.4, -0.2) is 14.6 Å². The molecule has 4 N–H and O–H groups in total. The minimum Gasteiger partial charge on any atom is -0.382 e. The van der Waals surface area contributed by atoms with Gasteiger partial charge in [-0.05, 0) is 18.2 Å². The second-order valence-electron chi connectivity index (χ2n) is 4.32. The third-order valence-corrected chi connectivity index (χ3v) is 3.11. The molecule has 0 fully saturated rings. The molecule has 0 bridgehead atoms. The van der Waals surface area contributed by atoms with Gasteiger partial charge in [0.15, 0.2) is 17.2 Å². The fraction of sp³-hybridized carbons (Fsp3) is 0. The zero-order chi connectivity index (χ0) is 15.7. The molecule has 0 aliphatic carbocycles. The van der Waals surface area contributed by atoms with Crippen LogP contribution in [0.4, 0.5) is 23.0 Å². The smallest absolute Gasteiger partial charge is 0.187 e. The minimum atomic E-state index is 0.111. The summed E-state index contributed by atoms with van der Waals surface area (Å²) in [4.78, 5) is 4.10. The van der Waals surface area contributed by atoms with E-state index in [1.165, 1.54) is 10.7 Å². The standard InChI is InChI=1S/C13H9ClN8/c14-8-2-1-3-9(4-8)19-20-10-11(16)21-22-12(17)7(5-15)6-18-13(10)22/h1-4,6H,17H2,(H2,16,21). The molecule has 9 heteroatoms. The van der Waals surface area contributed by atoms with Crippen molar-refractivity contribution in [2.24, 2.45) is 10.2 Å². The van der Waals surface area contributed by atoms with Gasteiger partial charge in [-0.15, -0.1) is 10.2 Å². The molecule has 1 aromatic carbocycles. The Morgan fingerprint density at radius 2 is 2.09 bits per heavy atom.